The number of pyridine rings is 1. The SMILES string of the molecule is Cc1nc(C(=O)NC2CCN(CCN3CCCCC3)CC2)nc2ccc(N3CCCCCC3)nc12. The van der Waals surface area contributed by atoms with E-state index in [1.807, 2.05) is 19.1 Å². The van der Waals surface area contributed by atoms with E-state index in [1.54, 1.807) is 0 Å². The van der Waals surface area contributed by atoms with Crippen LogP contribution in [-0.4, -0.2) is 89.1 Å². The number of hydrogen-bond acceptors (Lipinski definition) is 7. The van der Waals surface area contributed by atoms with Gasteiger partial charge in [0, 0.05) is 45.3 Å². The molecule has 0 unspecified atom stereocenters. The summed E-state index contributed by atoms with van der Waals surface area (Å²) in [6.45, 7) is 10.9. The highest BCUT2D eigenvalue weighted by molar-refractivity contribution is 5.93. The molecule has 1 N–H and O–H groups in total. The van der Waals surface area contributed by atoms with Gasteiger partial charge in [0.25, 0.3) is 5.91 Å². The average molecular weight is 480 g/mol. The number of piperidine rings is 2. The zero-order valence-corrected chi connectivity index (χ0v) is 21.3. The van der Waals surface area contributed by atoms with Crippen molar-refractivity contribution in [2.24, 2.45) is 0 Å². The van der Waals surface area contributed by atoms with E-state index in [-0.39, 0.29) is 17.8 Å². The number of aryl methyl sites for hydroxylation is 1. The number of amides is 1. The lowest BCUT2D eigenvalue weighted by atomic mass is 10.0. The van der Waals surface area contributed by atoms with Crippen LogP contribution in [0.2, 0.25) is 0 Å². The zero-order chi connectivity index (χ0) is 24.0. The van der Waals surface area contributed by atoms with E-state index in [2.05, 4.69) is 30.0 Å². The molecule has 0 radical (unpaired) electrons. The molecule has 8 heteroatoms. The summed E-state index contributed by atoms with van der Waals surface area (Å²) >= 11 is 0. The van der Waals surface area contributed by atoms with Crippen molar-refractivity contribution in [3.8, 4) is 0 Å². The fourth-order valence-electron chi connectivity index (χ4n) is 5.74. The molecule has 5 heterocycles. The van der Waals surface area contributed by atoms with Crippen molar-refractivity contribution in [2.45, 2.75) is 70.8 Å². The van der Waals surface area contributed by atoms with E-state index < -0.39 is 0 Å². The molecule has 3 aliphatic rings. The summed E-state index contributed by atoms with van der Waals surface area (Å²) in [6.07, 6.45) is 11.1. The minimum absolute atomic E-state index is 0.168. The van der Waals surface area contributed by atoms with E-state index in [1.165, 1.54) is 64.6 Å². The summed E-state index contributed by atoms with van der Waals surface area (Å²) in [5, 5.41) is 3.19. The Hall–Kier alpha value is -2.32. The molecule has 0 atom stereocenters. The largest absolute Gasteiger partial charge is 0.357 e. The van der Waals surface area contributed by atoms with E-state index in [9.17, 15) is 4.79 Å². The second-order valence-electron chi connectivity index (χ2n) is 10.6. The van der Waals surface area contributed by atoms with Crippen LogP contribution in [0.3, 0.4) is 0 Å². The van der Waals surface area contributed by atoms with Crippen LogP contribution < -0.4 is 10.2 Å². The molecular formula is C27H41N7O. The van der Waals surface area contributed by atoms with E-state index in [4.69, 9.17) is 4.98 Å². The van der Waals surface area contributed by atoms with Crippen LogP contribution in [0.5, 0.6) is 0 Å². The molecule has 8 nitrogen and oxygen atoms in total. The first kappa shape index (κ1) is 24.4. The number of aromatic nitrogens is 3. The van der Waals surface area contributed by atoms with Gasteiger partial charge < -0.3 is 20.0 Å². The summed E-state index contributed by atoms with van der Waals surface area (Å²) < 4.78 is 0. The molecule has 2 aromatic heterocycles. The monoisotopic (exact) mass is 479 g/mol. The van der Waals surface area contributed by atoms with Crippen molar-refractivity contribution in [1.29, 1.82) is 0 Å². The van der Waals surface area contributed by atoms with Gasteiger partial charge in [0.05, 0.1) is 11.2 Å². The van der Waals surface area contributed by atoms with E-state index in [0.29, 0.717) is 0 Å². The first-order valence-corrected chi connectivity index (χ1v) is 13.8. The molecule has 0 bridgehead atoms. The van der Waals surface area contributed by atoms with Crippen LogP contribution in [0.1, 0.15) is 74.1 Å². The second kappa shape index (κ2) is 11.6. The number of carbonyl (C=O) groups excluding carboxylic acids is 1. The van der Waals surface area contributed by atoms with Gasteiger partial charge in [-0.05, 0) is 70.7 Å². The maximum atomic E-state index is 13.0. The quantitative estimate of drug-likeness (QED) is 0.680. The number of fused-ring (bicyclic) bond motifs is 1. The summed E-state index contributed by atoms with van der Waals surface area (Å²) in [5.74, 6) is 1.08. The third-order valence-electron chi connectivity index (χ3n) is 7.94. The smallest absolute Gasteiger partial charge is 0.289 e. The van der Waals surface area contributed by atoms with Crippen LogP contribution in [0.4, 0.5) is 5.82 Å². The van der Waals surface area contributed by atoms with Gasteiger partial charge in [-0.2, -0.15) is 0 Å². The Balaban J connectivity index is 1.16. The van der Waals surface area contributed by atoms with Crippen molar-refractivity contribution in [1.82, 2.24) is 30.1 Å². The summed E-state index contributed by atoms with van der Waals surface area (Å²) in [7, 11) is 0. The highest BCUT2D eigenvalue weighted by Gasteiger charge is 2.23. The minimum atomic E-state index is -0.168. The number of carbonyl (C=O) groups is 1. The van der Waals surface area contributed by atoms with Crippen molar-refractivity contribution >= 4 is 22.8 Å². The number of rotatable bonds is 6. The molecule has 3 saturated heterocycles. The Bertz CT molecular complexity index is 990. The first-order valence-electron chi connectivity index (χ1n) is 13.8. The Morgan fingerprint density at radius 2 is 1.46 bits per heavy atom. The molecule has 2 aromatic rings. The fourth-order valence-corrected chi connectivity index (χ4v) is 5.74. The topological polar surface area (TPSA) is 77.5 Å². The zero-order valence-electron chi connectivity index (χ0n) is 21.3. The van der Waals surface area contributed by atoms with Gasteiger partial charge in [0.1, 0.15) is 11.3 Å². The Kier molecular flexibility index (Phi) is 8.09. The average Bonchev–Trinajstić information content (AvgIpc) is 3.18. The molecule has 0 saturated carbocycles. The summed E-state index contributed by atoms with van der Waals surface area (Å²) in [4.78, 5) is 34.5. The highest BCUT2D eigenvalue weighted by Crippen LogP contribution is 2.22. The predicted molar refractivity (Wildman–Crippen MR) is 140 cm³/mol. The molecule has 0 aromatic carbocycles. The number of anilines is 1. The van der Waals surface area contributed by atoms with Gasteiger partial charge in [-0.1, -0.05) is 19.3 Å². The van der Waals surface area contributed by atoms with Gasteiger partial charge >= 0.3 is 0 Å². The molecule has 35 heavy (non-hydrogen) atoms. The lowest BCUT2D eigenvalue weighted by molar-refractivity contribution is 0.0895. The van der Waals surface area contributed by atoms with E-state index in [0.717, 1.165) is 68.1 Å². The highest BCUT2D eigenvalue weighted by atomic mass is 16.2. The van der Waals surface area contributed by atoms with Crippen LogP contribution in [0.25, 0.3) is 11.0 Å². The van der Waals surface area contributed by atoms with E-state index >= 15 is 0 Å². The molecule has 0 spiro atoms. The summed E-state index contributed by atoms with van der Waals surface area (Å²) in [6, 6.07) is 4.23. The predicted octanol–water partition coefficient (Wildman–Crippen LogP) is 3.39. The molecule has 5 rings (SSSR count). The first-order chi connectivity index (χ1) is 17.2. The molecular weight excluding hydrogens is 438 g/mol. The Morgan fingerprint density at radius 1 is 0.829 bits per heavy atom. The molecule has 0 aliphatic carbocycles. The van der Waals surface area contributed by atoms with Gasteiger partial charge in [0.15, 0.2) is 0 Å². The van der Waals surface area contributed by atoms with Crippen LogP contribution in [0.15, 0.2) is 12.1 Å². The number of hydrogen-bond donors (Lipinski definition) is 1. The van der Waals surface area contributed by atoms with Crippen molar-refractivity contribution in [2.75, 3.05) is 57.3 Å². The fraction of sp³-hybridized carbons (Fsp3) is 0.704. The number of nitrogens with zero attached hydrogens (tertiary/aromatic N) is 6. The molecule has 190 valence electrons. The third kappa shape index (κ3) is 6.28. The number of nitrogens with one attached hydrogen (secondary N) is 1. The standard InChI is InChI=1S/C27H41N7O/c1-21-25-23(9-10-24(31-25)34-15-7-2-3-8-16-34)30-26(28-21)27(35)29-22-11-17-33(18-12-22)20-19-32-13-5-4-6-14-32/h9-10,22H,2-8,11-20H2,1H3,(H,29,35). The van der Waals surface area contributed by atoms with Gasteiger partial charge in [-0.3, -0.25) is 4.79 Å². The van der Waals surface area contributed by atoms with Crippen LogP contribution in [-0.2, 0) is 0 Å². The normalized spacial score (nSPS) is 21.2. The molecule has 3 aliphatic heterocycles. The van der Waals surface area contributed by atoms with Crippen molar-refractivity contribution in [3.63, 3.8) is 0 Å². The maximum Gasteiger partial charge on any atom is 0.289 e. The van der Waals surface area contributed by atoms with Gasteiger partial charge in [0.2, 0.25) is 5.82 Å². The summed E-state index contributed by atoms with van der Waals surface area (Å²) in [5.41, 5.74) is 2.31. The molecule has 3 fully saturated rings. The minimum Gasteiger partial charge on any atom is -0.357 e. The molecule has 1 amide bonds. The van der Waals surface area contributed by atoms with Gasteiger partial charge in [-0.25, -0.2) is 15.0 Å². The third-order valence-corrected chi connectivity index (χ3v) is 7.94. The lowest BCUT2D eigenvalue weighted by Crippen LogP contribution is -2.47. The Morgan fingerprint density at radius 3 is 2.17 bits per heavy atom. The van der Waals surface area contributed by atoms with Crippen LogP contribution in [0, 0.1) is 6.92 Å². The Labute approximate surface area is 209 Å². The van der Waals surface area contributed by atoms with Crippen molar-refractivity contribution < 1.29 is 4.79 Å². The second-order valence-corrected chi connectivity index (χ2v) is 10.6. The van der Waals surface area contributed by atoms with Crippen LogP contribution >= 0.6 is 0 Å². The lowest BCUT2D eigenvalue weighted by Gasteiger charge is -2.34. The maximum absolute atomic E-state index is 13.0. The van der Waals surface area contributed by atoms with Gasteiger partial charge in [-0.15, -0.1) is 0 Å². The van der Waals surface area contributed by atoms with Crippen molar-refractivity contribution in [3.05, 3.63) is 23.7 Å². The number of likely N-dealkylation sites (tertiary alicyclic amines) is 2.